The van der Waals surface area contributed by atoms with Crippen molar-refractivity contribution in [3.63, 3.8) is 0 Å². The first-order valence-electron chi connectivity index (χ1n) is 7.12. The van der Waals surface area contributed by atoms with E-state index in [0.717, 1.165) is 32.0 Å². The fraction of sp³-hybridized carbons (Fsp3) is 0.533. The Balaban J connectivity index is 2.18. The van der Waals surface area contributed by atoms with E-state index in [4.69, 9.17) is 5.11 Å². The highest BCUT2D eigenvalue weighted by atomic mass is 19.2. The average molecular weight is 298 g/mol. The zero-order chi connectivity index (χ0) is 15.6. The molecular weight excluding hydrogens is 278 g/mol. The van der Waals surface area contributed by atoms with Gasteiger partial charge in [-0.1, -0.05) is 6.92 Å². The van der Waals surface area contributed by atoms with E-state index in [-0.39, 0.29) is 5.69 Å². The number of carboxylic acid groups (broad SMARTS) is 1. The van der Waals surface area contributed by atoms with Crippen LogP contribution in [-0.2, 0) is 0 Å². The molecule has 21 heavy (non-hydrogen) atoms. The number of carboxylic acids is 1. The maximum atomic E-state index is 14.0. The van der Waals surface area contributed by atoms with Gasteiger partial charge in [-0.25, -0.2) is 13.6 Å². The van der Waals surface area contributed by atoms with Crippen LogP contribution in [0.2, 0.25) is 0 Å². The predicted octanol–water partition coefficient (Wildman–Crippen LogP) is 2.58. The maximum Gasteiger partial charge on any atom is 0.338 e. The summed E-state index contributed by atoms with van der Waals surface area (Å²) in [4.78, 5) is 14.8. The van der Waals surface area contributed by atoms with Gasteiger partial charge in [-0.2, -0.15) is 0 Å². The third kappa shape index (κ3) is 3.15. The number of benzene rings is 1. The third-order valence-electron chi connectivity index (χ3n) is 4.09. The molecule has 0 bridgehead atoms. The van der Waals surface area contributed by atoms with Crippen molar-refractivity contribution in [3.05, 3.63) is 29.3 Å². The highest BCUT2D eigenvalue weighted by Gasteiger charge is 2.26. The molecule has 0 saturated carbocycles. The molecule has 0 radical (unpaired) electrons. The van der Waals surface area contributed by atoms with Crippen LogP contribution < -0.4 is 4.90 Å². The fourth-order valence-corrected chi connectivity index (χ4v) is 2.93. The number of halogens is 2. The lowest BCUT2D eigenvalue weighted by molar-refractivity contribution is 0.0690. The molecule has 1 aliphatic rings. The van der Waals surface area contributed by atoms with Gasteiger partial charge < -0.3 is 10.0 Å². The van der Waals surface area contributed by atoms with Gasteiger partial charge in [-0.05, 0) is 38.1 Å². The molecule has 1 heterocycles. The molecule has 0 amide bonds. The highest BCUT2D eigenvalue weighted by Crippen LogP contribution is 2.25. The number of hydrogen-bond acceptors (Lipinski definition) is 3. The van der Waals surface area contributed by atoms with Crippen LogP contribution in [0.4, 0.5) is 14.5 Å². The summed E-state index contributed by atoms with van der Waals surface area (Å²) in [5.74, 6) is -3.86. The Labute approximate surface area is 123 Å². The van der Waals surface area contributed by atoms with Gasteiger partial charge >= 0.3 is 5.97 Å². The summed E-state index contributed by atoms with van der Waals surface area (Å²) in [5.41, 5.74) is -0.541. The van der Waals surface area contributed by atoms with Crippen molar-refractivity contribution in [1.29, 1.82) is 0 Å². The maximum absolute atomic E-state index is 14.0. The second-order valence-electron chi connectivity index (χ2n) is 5.37. The van der Waals surface area contributed by atoms with Crippen LogP contribution in [0.3, 0.4) is 0 Å². The number of likely N-dealkylation sites (N-methyl/N-ethyl adjacent to an activating group) is 2. The molecule has 4 nitrogen and oxygen atoms in total. The van der Waals surface area contributed by atoms with Gasteiger partial charge in [0.1, 0.15) is 0 Å². The van der Waals surface area contributed by atoms with Gasteiger partial charge in [-0.3, -0.25) is 4.90 Å². The molecule has 2 rings (SSSR count). The van der Waals surface area contributed by atoms with Crippen LogP contribution in [-0.4, -0.2) is 48.7 Å². The molecule has 0 aliphatic carbocycles. The lowest BCUT2D eigenvalue weighted by Crippen LogP contribution is -2.39. The predicted molar refractivity (Wildman–Crippen MR) is 76.9 cm³/mol. The Morgan fingerprint density at radius 2 is 2.14 bits per heavy atom. The second kappa shape index (κ2) is 6.39. The van der Waals surface area contributed by atoms with Gasteiger partial charge in [0.05, 0.1) is 11.3 Å². The normalized spacial score (nSPS) is 19.0. The topological polar surface area (TPSA) is 43.8 Å². The van der Waals surface area contributed by atoms with Gasteiger partial charge in [0.15, 0.2) is 11.6 Å². The average Bonchev–Trinajstić information content (AvgIpc) is 2.88. The summed E-state index contributed by atoms with van der Waals surface area (Å²) in [6.07, 6.45) is 2.15. The monoisotopic (exact) mass is 298 g/mol. The van der Waals surface area contributed by atoms with Crippen LogP contribution in [0.1, 0.15) is 30.1 Å². The molecule has 116 valence electrons. The van der Waals surface area contributed by atoms with Crippen LogP contribution in [0, 0.1) is 11.6 Å². The van der Waals surface area contributed by atoms with E-state index < -0.39 is 23.2 Å². The van der Waals surface area contributed by atoms with Gasteiger partial charge in [0.2, 0.25) is 0 Å². The fourth-order valence-electron chi connectivity index (χ4n) is 2.93. The molecule has 1 aromatic carbocycles. The molecular formula is C15H20F2N2O2. The zero-order valence-electron chi connectivity index (χ0n) is 12.3. The number of hydrogen-bond donors (Lipinski definition) is 1. The number of aromatic carboxylic acids is 1. The Morgan fingerprint density at radius 1 is 1.43 bits per heavy atom. The summed E-state index contributed by atoms with van der Waals surface area (Å²) < 4.78 is 27.8. The molecule has 0 spiro atoms. The van der Waals surface area contributed by atoms with Crippen LogP contribution in [0.15, 0.2) is 12.1 Å². The number of likely N-dealkylation sites (tertiary alicyclic amines) is 1. The van der Waals surface area contributed by atoms with Crippen molar-refractivity contribution >= 4 is 11.7 Å². The molecule has 1 atom stereocenters. The molecule has 1 N–H and O–H groups in total. The quantitative estimate of drug-likeness (QED) is 0.907. The molecule has 1 aromatic rings. The van der Waals surface area contributed by atoms with Crippen LogP contribution in [0.5, 0.6) is 0 Å². The molecule has 0 aromatic heterocycles. The van der Waals surface area contributed by atoms with E-state index in [0.29, 0.717) is 12.6 Å². The lowest BCUT2D eigenvalue weighted by atomic mass is 10.1. The number of nitrogens with zero attached hydrogens (tertiary/aromatic N) is 2. The number of carbonyl (C=O) groups is 1. The van der Waals surface area contributed by atoms with Crippen molar-refractivity contribution in [2.75, 3.05) is 31.6 Å². The SMILES string of the molecule is CCN1CCCC1CN(C)c1ccc(C(=O)O)c(F)c1F. The Morgan fingerprint density at radius 3 is 2.76 bits per heavy atom. The van der Waals surface area contributed by atoms with E-state index >= 15 is 0 Å². The summed E-state index contributed by atoms with van der Waals surface area (Å²) >= 11 is 0. The minimum atomic E-state index is -1.46. The summed E-state index contributed by atoms with van der Waals surface area (Å²) in [6.45, 7) is 4.65. The highest BCUT2D eigenvalue weighted by molar-refractivity contribution is 5.88. The van der Waals surface area contributed by atoms with Crippen molar-refractivity contribution in [2.45, 2.75) is 25.8 Å². The van der Waals surface area contributed by atoms with Gasteiger partial charge in [0.25, 0.3) is 0 Å². The molecule has 1 unspecified atom stereocenters. The minimum absolute atomic E-state index is 0.0976. The smallest absolute Gasteiger partial charge is 0.338 e. The van der Waals surface area contributed by atoms with Crippen molar-refractivity contribution in [1.82, 2.24) is 4.90 Å². The lowest BCUT2D eigenvalue weighted by Gasteiger charge is -2.29. The second-order valence-corrected chi connectivity index (χ2v) is 5.37. The van der Waals surface area contributed by atoms with Crippen LogP contribution in [0.25, 0.3) is 0 Å². The number of anilines is 1. The first kappa shape index (κ1) is 15.7. The molecule has 1 aliphatic heterocycles. The molecule has 1 fully saturated rings. The first-order valence-corrected chi connectivity index (χ1v) is 7.12. The Kier molecular flexibility index (Phi) is 4.77. The summed E-state index contributed by atoms with van der Waals surface area (Å²) in [6, 6.07) is 2.76. The standard InChI is InChI=1S/C15H20F2N2O2/c1-3-19-8-4-5-10(19)9-18(2)12-7-6-11(15(20)21)13(16)14(12)17/h6-7,10H,3-5,8-9H2,1-2H3,(H,20,21). The van der Waals surface area contributed by atoms with E-state index in [9.17, 15) is 13.6 Å². The Hall–Kier alpha value is -1.69. The van der Waals surface area contributed by atoms with E-state index in [2.05, 4.69) is 11.8 Å². The molecule has 1 saturated heterocycles. The Bertz CT molecular complexity index is 537. The van der Waals surface area contributed by atoms with Gasteiger partial charge in [0, 0.05) is 19.6 Å². The van der Waals surface area contributed by atoms with E-state index in [1.807, 2.05) is 0 Å². The minimum Gasteiger partial charge on any atom is -0.478 e. The van der Waals surface area contributed by atoms with Crippen molar-refractivity contribution in [2.24, 2.45) is 0 Å². The summed E-state index contributed by atoms with van der Waals surface area (Å²) in [7, 11) is 1.70. The van der Waals surface area contributed by atoms with E-state index in [1.54, 1.807) is 11.9 Å². The first-order chi connectivity index (χ1) is 9.95. The zero-order valence-corrected chi connectivity index (χ0v) is 12.3. The number of rotatable bonds is 5. The van der Waals surface area contributed by atoms with E-state index in [1.165, 1.54) is 6.07 Å². The van der Waals surface area contributed by atoms with Crippen molar-refractivity contribution < 1.29 is 18.7 Å². The largest absolute Gasteiger partial charge is 0.478 e. The van der Waals surface area contributed by atoms with Gasteiger partial charge in [-0.15, -0.1) is 0 Å². The van der Waals surface area contributed by atoms with Crippen LogP contribution >= 0.6 is 0 Å². The third-order valence-corrected chi connectivity index (χ3v) is 4.09. The molecule has 6 heteroatoms. The summed E-state index contributed by atoms with van der Waals surface area (Å²) in [5, 5.41) is 8.79. The van der Waals surface area contributed by atoms with Crippen molar-refractivity contribution in [3.8, 4) is 0 Å².